The first kappa shape index (κ1) is 18.7. The SMILES string of the molecule is Cc1nn(CC(C)C)c(C)c1CC(=O)Nc1nc2cc3c(cc2s1)OCCO3. The second-order valence-corrected chi connectivity index (χ2v) is 8.46. The Labute approximate surface area is 167 Å². The molecular formula is C20H24N4O3S. The number of carbonyl (C=O) groups excluding carboxylic acids is 1. The zero-order chi connectivity index (χ0) is 19.8. The fourth-order valence-corrected chi connectivity index (χ4v) is 4.25. The molecule has 3 heterocycles. The van der Waals surface area contributed by atoms with E-state index in [4.69, 9.17) is 9.47 Å². The Balaban J connectivity index is 1.50. The minimum Gasteiger partial charge on any atom is -0.486 e. The molecule has 0 saturated carbocycles. The van der Waals surface area contributed by atoms with Crippen LogP contribution in [0.5, 0.6) is 11.5 Å². The van der Waals surface area contributed by atoms with Crippen molar-refractivity contribution in [1.29, 1.82) is 0 Å². The first-order valence-corrected chi connectivity index (χ1v) is 10.2. The normalized spacial score (nSPS) is 13.3. The van der Waals surface area contributed by atoms with Crippen LogP contribution in [0.3, 0.4) is 0 Å². The van der Waals surface area contributed by atoms with Crippen LogP contribution in [0.4, 0.5) is 5.13 Å². The number of rotatable bonds is 5. The summed E-state index contributed by atoms with van der Waals surface area (Å²) >= 11 is 1.43. The first-order chi connectivity index (χ1) is 13.4. The summed E-state index contributed by atoms with van der Waals surface area (Å²) in [7, 11) is 0. The molecule has 1 amide bonds. The van der Waals surface area contributed by atoms with Gasteiger partial charge in [-0.25, -0.2) is 4.98 Å². The number of fused-ring (bicyclic) bond motifs is 2. The number of hydrogen-bond acceptors (Lipinski definition) is 6. The highest BCUT2D eigenvalue weighted by molar-refractivity contribution is 7.22. The number of anilines is 1. The van der Waals surface area contributed by atoms with Gasteiger partial charge in [0.25, 0.3) is 0 Å². The summed E-state index contributed by atoms with van der Waals surface area (Å²) in [5.41, 5.74) is 3.73. The summed E-state index contributed by atoms with van der Waals surface area (Å²) < 4.78 is 14.2. The zero-order valence-electron chi connectivity index (χ0n) is 16.5. The van der Waals surface area contributed by atoms with Crippen LogP contribution in [0.25, 0.3) is 10.2 Å². The average molecular weight is 401 g/mol. The van der Waals surface area contributed by atoms with Gasteiger partial charge in [0.2, 0.25) is 5.91 Å². The number of thiazole rings is 1. The predicted molar refractivity (Wildman–Crippen MR) is 109 cm³/mol. The van der Waals surface area contributed by atoms with E-state index in [0.717, 1.165) is 39.5 Å². The molecule has 0 radical (unpaired) electrons. The molecule has 3 aromatic rings. The molecule has 1 aromatic carbocycles. The Bertz CT molecular complexity index is 995. The smallest absolute Gasteiger partial charge is 0.230 e. The summed E-state index contributed by atoms with van der Waals surface area (Å²) in [6.45, 7) is 10.2. The van der Waals surface area contributed by atoms with E-state index in [9.17, 15) is 4.79 Å². The highest BCUT2D eigenvalue weighted by Gasteiger charge is 2.18. The van der Waals surface area contributed by atoms with E-state index in [0.29, 0.717) is 30.0 Å². The number of amides is 1. The lowest BCUT2D eigenvalue weighted by Gasteiger charge is -2.17. The molecule has 1 aliphatic heterocycles. The van der Waals surface area contributed by atoms with Gasteiger partial charge in [0.1, 0.15) is 13.2 Å². The standard InChI is InChI=1S/C20H24N4O3S/c1-11(2)10-24-13(4)14(12(3)23-24)7-19(25)22-20-21-15-8-16-17(9-18(15)28-20)27-6-5-26-16/h8-9,11H,5-7,10H2,1-4H3,(H,21,22,25). The number of carbonyl (C=O) groups is 1. The molecular weight excluding hydrogens is 376 g/mol. The fraction of sp³-hybridized carbons (Fsp3) is 0.450. The molecule has 0 atom stereocenters. The van der Waals surface area contributed by atoms with Gasteiger partial charge in [-0.15, -0.1) is 0 Å². The number of aryl methyl sites for hydroxylation is 1. The quantitative estimate of drug-likeness (QED) is 0.706. The van der Waals surface area contributed by atoms with Crippen LogP contribution in [0.15, 0.2) is 12.1 Å². The average Bonchev–Trinajstić information content (AvgIpc) is 3.13. The molecule has 8 heteroatoms. The molecule has 1 aliphatic rings. The minimum absolute atomic E-state index is 0.0911. The van der Waals surface area contributed by atoms with Gasteiger partial charge in [-0.2, -0.15) is 5.10 Å². The van der Waals surface area contributed by atoms with Gasteiger partial charge in [-0.05, 0) is 19.8 Å². The van der Waals surface area contributed by atoms with Gasteiger partial charge >= 0.3 is 0 Å². The first-order valence-electron chi connectivity index (χ1n) is 9.43. The molecule has 28 heavy (non-hydrogen) atoms. The van der Waals surface area contributed by atoms with E-state index in [1.807, 2.05) is 30.7 Å². The third kappa shape index (κ3) is 3.69. The van der Waals surface area contributed by atoms with Crippen LogP contribution < -0.4 is 14.8 Å². The largest absolute Gasteiger partial charge is 0.486 e. The highest BCUT2D eigenvalue weighted by Crippen LogP contribution is 2.37. The molecule has 2 aromatic heterocycles. The van der Waals surface area contributed by atoms with Crippen molar-refractivity contribution in [3.05, 3.63) is 29.1 Å². The molecule has 0 unspecified atom stereocenters. The zero-order valence-corrected chi connectivity index (χ0v) is 17.4. The second-order valence-electron chi connectivity index (χ2n) is 7.43. The van der Waals surface area contributed by atoms with Crippen molar-refractivity contribution in [3.63, 3.8) is 0 Å². The highest BCUT2D eigenvalue weighted by atomic mass is 32.1. The van der Waals surface area contributed by atoms with Gasteiger partial charge in [0, 0.05) is 29.9 Å². The van der Waals surface area contributed by atoms with Crippen molar-refractivity contribution < 1.29 is 14.3 Å². The van der Waals surface area contributed by atoms with E-state index in [1.165, 1.54) is 11.3 Å². The van der Waals surface area contributed by atoms with Crippen molar-refractivity contribution in [3.8, 4) is 11.5 Å². The Morgan fingerprint density at radius 3 is 2.68 bits per heavy atom. The Hall–Kier alpha value is -2.61. The van der Waals surface area contributed by atoms with E-state index in [2.05, 4.69) is 29.2 Å². The van der Waals surface area contributed by atoms with Crippen LogP contribution >= 0.6 is 11.3 Å². The summed E-state index contributed by atoms with van der Waals surface area (Å²) in [5, 5.41) is 8.09. The number of ether oxygens (including phenoxy) is 2. The summed E-state index contributed by atoms with van der Waals surface area (Å²) in [5.74, 6) is 1.84. The van der Waals surface area contributed by atoms with Gasteiger partial charge in [0.15, 0.2) is 16.6 Å². The molecule has 148 valence electrons. The summed E-state index contributed by atoms with van der Waals surface area (Å²) in [6, 6.07) is 3.78. The van der Waals surface area contributed by atoms with E-state index in [-0.39, 0.29) is 12.3 Å². The van der Waals surface area contributed by atoms with Gasteiger partial charge < -0.3 is 14.8 Å². The predicted octanol–water partition coefficient (Wildman–Crippen LogP) is 3.72. The molecule has 7 nitrogen and oxygen atoms in total. The summed E-state index contributed by atoms with van der Waals surface area (Å²) in [6.07, 6.45) is 0.286. The Kier molecular flexibility index (Phi) is 4.97. The number of nitrogens with zero attached hydrogens (tertiary/aromatic N) is 3. The van der Waals surface area contributed by atoms with Gasteiger partial charge in [0.05, 0.1) is 22.3 Å². The molecule has 4 rings (SSSR count). The number of hydrogen-bond donors (Lipinski definition) is 1. The number of nitrogens with one attached hydrogen (secondary N) is 1. The third-order valence-electron chi connectivity index (χ3n) is 4.71. The molecule has 0 saturated heterocycles. The molecule has 0 bridgehead atoms. The van der Waals surface area contributed by atoms with Crippen LogP contribution in [-0.4, -0.2) is 33.9 Å². The van der Waals surface area contributed by atoms with Crippen LogP contribution in [0.1, 0.15) is 30.8 Å². The van der Waals surface area contributed by atoms with Crippen molar-refractivity contribution in [2.45, 2.75) is 40.7 Å². The lowest BCUT2D eigenvalue weighted by Crippen LogP contribution is -2.15. The van der Waals surface area contributed by atoms with Crippen molar-refractivity contribution in [2.75, 3.05) is 18.5 Å². The maximum atomic E-state index is 12.6. The van der Waals surface area contributed by atoms with Gasteiger partial charge in [-0.1, -0.05) is 25.2 Å². The fourth-order valence-electron chi connectivity index (χ4n) is 3.36. The third-order valence-corrected chi connectivity index (χ3v) is 5.64. The van der Waals surface area contributed by atoms with Crippen LogP contribution in [0.2, 0.25) is 0 Å². The molecule has 0 fully saturated rings. The topological polar surface area (TPSA) is 78.3 Å². The van der Waals surface area contributed by atoms with Crippen molar-refractivity contribution >= 4 is 32.6 Å². The van der Waals surface area contributed by atoms with Crippen molar-refractivity contribution in [1.82, 2.24) is 14.8 Å². The minimum atomic E-state index is -0.0911. The lowest BCUT2D eigenvalue weighted by molar-refractivity contribution is -0.115. The lowest BCUT2D eigenvalue weighted by atomic mass is 10.1. The molecule has 0 spiro atoms. The van der Waals surface area contributed by atoms with E-state index < -0.39 is 0 Å². The second kappa shape index (κ2) is 7.43. The van der Waals surface area contributed by atoms with E-state index in [1.54, 1.807) is 0 Å². The molecule has 1 N–H and O–H groups in total. The number of aromatic nitrogens is 3. The van der Waals surface area contributed by atoms with Crippen LogP contribution in [0, 0.1) is 19.8 Å². The molecule has 0 aliphatic carbocycles. The maximum absolute atomic E-state index is 12.6. The Morgan fingerprint density at radius 1 is 1.25 bits per heavy atom. The number of benzene rings is 1. The van der Waals surface area contributed by atoms with E-state index >= 15 is 0 Å². The maximum Gasteiger partial charge on any atom is 0.230 e. The monoisotopic (exact) mass is 400 g/mol. The summed E-state index contributed by atoms with van der Waals surface area (Å²) in [4.78, 5) is 17.1. The van der Waals surface area contributed by atoms with Crippen LogP contribution in [-0.2, 0) is 17.8 Å². The van der Waals surface area contributed by atoms with Gasteiger partial charge in [-0.3, -0.25) is 9.48 Å². The van der Waals surface area contributed by atoms with Crippen molar-refractivity contribution in [2.24, 2.45) is 5.92 Å². The Morgan fingerprint density at radius 2 is 1.96 bits per heavy atom.